The van der Waals surface area contributed by atoms with Gasteiger partial charge in [-0.25, -0.2) is 9.07 Å². The maximum Gasteiger partial charge on any atom is 0.303 e. The van der Waals surface area contributed by atoms with Crippen LogP contribution in [0, 0.1) is 25.6 Å². The van der Waals surface area contributed by atoms with Crippen molar-refractivity contribution in [1.29, 1.82) is 0 Å². The molecule has 1 unspecified atom stereocenters. The molecule has 7 heteroatoms. The van der Waals surface area contributed by atoms with Crippen LogP contribution < -0.4 is 5.32 Å². The molecule has 2 aromatic rings. The second-order valence-electron chi connectivity index (χ2n) is 5.85. The van der Waals surface area contributed by atoms with Crippen molar-refractivity contribution in [3.05, 3.63) is 47.0 Å². The Morgan fingerprint density at radius 1 is 1.29 bits per heavy atom. The highest BCUT2D eigenvalue weighted by molar-refractivity contribution is 5.96. The van der Waals surface area contributed by atoms with E-state index in [1.807, 2.05) is 0 Å². The molecule has 1 atom stereocenters. The van der Waals surface area contributed by atoms with Crippen LogP contribution >= 0.6 is 0 Å². The molecule has 0 radical (unpaired) electrons. The highest BCUT2D eigenvalue weighted by Gasteiger charge is 2.20. The predicted molar refractivity (Wildman–Crippen MR) is 86.7 cm³/mol. The Kier molecular flexibility index (Phi) is 5.33. The third kappa shape index (κ3) is 3.98. The molecule has 1 aromatic carbocycles. The monoisotopic (exact) mass is 333 g/mol. The summed E-state index contributed by atoms with van der Waals surface area (Å²) in [5, 5.41) is 15.8. The Morgan fingerprint density at radius 3 is 2.50 bits per heavy atom. The van der Waals surface area contributed by atoms with Gasteiger partial charge in [-0.3, -0.25) is 9.59 Å². The van der Waals surface area contributed by atoms with Crippen molar-refractivity contribution < 1.29 is 19.1 Å². The number of carboxylic acid groups (broad SMARTS) is 1. The van der Waals surface area contributed by atoms with Crippen LogP contribution in [0.25, 0.3) is 5.69 Å². The van der Waals surface area contributed by atoms with Crippen LogP contribution in [0.2, 0.25) is 0 Å². The second-order valence-corrected chi connectivity index (χ2v) is 5.85. The molecule has 0 aliphatic rings. The minimum Gasteiger partial charge on any atom is -0.481 e. The van der Waals surface area contributed by atoms with Crippen LogP contribution in [-0.2, 0) is 4.79 Å². The number of carbonyl (C=O) groups excluding carboxylic acids is 1. The average Bonchev–Trinajstić information content (AvgIpc) is 2.80. The van der Waals surface area contributed by atoms with Crippen molar-refractivity contribution in [2.45, 2.75) is 27.2 Å². The van der Waals surface area contributed by atoms with E-state index in [4.69, 9.17) is 5.11 Å². The first-order valence-electron chi connectivity index (χ1n) is 7.61. The summed E-state index contributed by atoms with van der Waals surface area (Å²) in [6.07, 6.45) is -0.00686. The quantitative estimate of drug-likeness (QED) is 0.850. The van der Waals surface area contributed by atoms with Crippen molar-refractivity contribution >= 4 is 11.9 Å². The molecule has 0 aliphatic carbocycles. The predicted octanol–water partition coefficient (Wildman–Crippen LogP) is 2.47. The molecule has 2 rings (SSSR count). The third-order valence-corrected chi connectivity index (χ3v) is 3.72. The van der Waals surface area contributed by atoms with Gasteiger partial charge in [-0.1, -0.05) is 6.92 Å². The topological polar surface area (TPSA) is 84.2 Å². The van der Waals surface area contributed by atoms with E-state index in [0.29, 0.717) is 22.6 Å². The van der Waals surface area contributed by atoms with Crippen LogP contribution in [0.4, 0.5) is 4.39 Å². The van der Waals surface area contributed by atoms with Gasteiger partial charge in [0.05, 0.1) is 22.6 Å². The van der Waals surface area contributed by atoms with Gasteiger partial charge in [-0.15, -0.1) is 0 Å². The Balaban J connectivity index is 2.17. The molecular weight excluding hydrogens is 313 g/mol. The normalized spacial score (nSPS) is 12.0. The highest BCUT2D eigenvalue weighted by atomic mass is 19.1. The first-order valence-corrected chi connectivity index (χ1v) is 7.61. The van der Waals surface area contributed by atoms with Crippen molar-refractivity contribution in [3.63, 3.8) is 0 Å². The molecule has 128 valence electrons. The highest BCUT2D eigenvalue weighted by Crippen LogP contribution is 2.18. The number of nitrogens with one attached hydrogen (secondary N) is 1. The van der Waals surface area contributed by atoms with Gasteiger partial charge in [0.2, 0.25) is 0 Å². The number of carboxylic acids is 1. The fraction of sp³-hybridized carbons (Fsp3) is 0.353. The molecule has 0 saturated carbocycles. The number of nitrogens with zero attached hydrogens (tertiary/aromatic N) is 2. The molecule has 0 fully saturated rings. The molecule has 24 heavy (non-hydrogen) atoms. The minimum atomic E-state index is -0.895. The van der Waals surface area contributed by atoms with Gasteiger partial charge in [0.1, 0.15) is 5.82 Å². The lowest BCUT2D eigenvalue weighted by Crippen LogP contribution is -2.30. The number of rotatable bonds is 6. The van der Waals surface area contributed by atoms with Gasteiger partial charge in [0.25, 0.3) is 5.91 Å². The van der Waals surface area contributed by atoms with E-state index in [1.165, 1.54) is 12.1 Å². The lowest BCUT2D eigenvalue weighted by molar-refractivity contribution is -0.137. The standard InChI is InChI=1S/C17H20FN3O3/c1-10(8-15(22)23)9-19-17(24)16-11(2)20-21(12(16)3)14-6-4-13(18)5-7-14/h4-7,10H,8-9H2,1-3H3,(H,19,24)(H,22,23). The Labute approximate surface area is 139 Å². The number of amides is 1. The van der Waals surface area contributed by atoms with Crippen LogP contribution in [0.1, 0.15) is 35.1 Å². The third-order valence-electron chi connectivity index (χ3n) is 3.72. The van der Waals surface area contributed by atoms with Crippen LogP contribution in [0.5, 0.6) is 0 Å². The summed E-state index contributed by atoms with van der Waals surface area (Å²) in [4.78, 5) is 23.1. The number of carbonyl (C=O) groups is 2. The van der Waals surface area contributed by atoms with E-state index < -0.39 is 5.97 Å². The smallest absolute Gasteiger partial charge is 0.303 e. The number of halogens is 1. The molecule has 2 N–H and O–H groups in total. The summed E-state index contributed by atoms with van der Waals surface area (Å²) in [5.41, 5.74) is 2.31. The fourth-order valence-electron chi connectivity index (χ4n) is 2.53. The van der Waals surface area contributed by atoms with Gasteiger partial charge in [0, 0.05) is 13.0 Å². The lowest BCUT2D eigenvalue weighted by Gasteiger charge is -2.11. The van der Waals surface area contributed by atoms with Crippen LogP contribution in [0.15, 0.2) is 24.3 Å². The van der Waals surface area contributed by atoms with E-state index in [2.05, 4.69) is 10.4 Å². The van der Waals surface area contributed by atoms with Gasteiger partial charge < -0.3 is 10.4 Å². The molecule has 0 saturated heterocycles. The molecule has 0 bridgehead atoms. The average molecular weight is 333 g/mol. The lowest BCUT2D eigenvalue weighted by atomic mass is 10.1. The van der Waals surface area contributed by atoms with E-state index in [1.54, 1.807) is 37.6 Å². The first kappa shape index (κ1) is 17.7. The summed E-state index contributed by atoms with van der Waals surface area (Å²) in [5.74, 6) is -1.70. The second kappa shape index (κ2) is 7.25. The first-order chi connectivity index (χ1) is 11.3. The van der Waals surface area contributed by atoms with Gasteiger partial charge in [0.15, 0.2) is 0 Å². The molecule has 0 aliphatic heterocycles. The minimum absolute atomic E-state index is 0.00686. The maximum atomic E-state index is 13.0. The van der Waals surface area contributed by atoms with Gasteiger partial charge >= 0.3 is 5.97 Å². The number of hydrogen-bond acceptors (Lipinski definition) is 3. The van der Waals surface area contributed by atoms with Crippen molar-refractivity contribution in [3.8, 4) is 5.69 Å². The Bertz CT molecular complexity index is 753. The Morgan fingerprint density at radius 2 is 1.92 bits per heavy atom. The van der Waals surface area contributed by atoms with Gasteiger partial charge in [-0.2, -0.15) is 5.10 Å². The molecular formula is C17H20FN3O3. The SMILES string of the molecule is Cc1nn(-c2ccc(F)cc2)c(C)c1C(=O)NCC(C)CC(=O)O. The van der Waals surface area contributed by atoms with Crippen molar-refractivity contribution in [1.82, 2.24) is 15.1 Å². The zero-order chi connectivity index (χ0) is 17.9. The largest absolute Gasteiger partial charge is 0.481 e. The fourth-order valence-corrected chi connectivity index (χ4v) is 2.53. The summed E-state index contributed by atoms with van der Waals surface area (Å²) in [6.45, 7) is 5.52. The molecule has 1 amide bonds. The summed E-state index contributed by atoms with van der Waals surface area (Å²) in [6, 6.07) is 5.84. The van der Waals surface area contributed by atoms with Crippen molar-refractivity contribution in [2.75, 3.05) is 6.54 Å². The number of hydrogen-bond donors (Lipinski definition) is 2. The molecule has 0 spiro atoms. The summed E-state index contributed by atoms with van der Waals surface area (Å²) >= 11 is 0. The van der Waals surface area contributed by atoms with Crippen LogP contribution in [-0.4, -0.2) is 33.3 Å². The van der Waals surface area contributed by atoms with Crippen molar-refractivity contribution in [2.24, 2.45) is 5.92 Å². The summed E-state index contributed by atoms with van der Waals surface area (Å²) in [7, 11) is 0. The van der Waals surface area contributed by atoms with E-state index in [0.717, 1.165) is 0 Å². The maximum absolute atomic E-state index is 13.0. The number of aryl methyl sites for hydroxylation is 1. The number of aromatic nitrogens is 2. The van der Waals surface area contributed by atoms with E-state index in [9.17, 15) is 14.0 Å². The van der Waals surface area contributed by atoms with Crippen LogP contribution in [0.3, 0.4) is 0 Å². The van der Waals surface area contributed by atoms with E-state index >= 15 is 0 Å². The zero-order valence-electron chi connectivity index (χ0n) is 13.8. The van der Waals surface area contributed by atoms with E-state index in [-0.39, 0.29) is 30.6 Å². The molecule has 6 nitrogen and oxygen atoms in total. The van der Waals surface area contributed by atoms with Gasteiger partial charge in [-0.05, 0) is 44.0 Å². The summed E-state index contributed by atoms with van der Waals surface area (Å²) < 4.78 is 14.6. The Hall–Kier alpha value is -2.70. The molecule has 1 heterocycles. The molecule has 1 aromatic heterocycles. The number of aliphatic carboxylic acids is 1. The zero-order valence-corrected chi connectivity index (χ0v) is 13.8. The number of benzene rings is 1.